The summed E-state index contributed by atoms with van der Waals surface area (Å²) in [6, 6.07) is 1.96. The number of rotatable bonds is 3. The molecule has 0 fully saturated rings. The molecule has 0 bridgehead atoms. The molecule has 0 atom stereocenters. The van der Waals surface area contributed by atoms with Gasteiger partial charge in [0.1, 0.15) is 11.4 Å². The summed E-state index contributed by atoms with van der Waals surface area (Å²) in [7, 11) is 0. The van der Waals surface area contributed by atoms with Crippen molar-refractivity contribution >= 4 is 17.4 Å². The van der Waals surface area contributed by atoms with Crippen molar-refractivity contribution in [2.45, 2.75) is 19.9 Å². The minimum Gasteiger partial charge on any atom is -0.322 e. The average Bonchev–Trinajstić information content (AvgIpc) is 2.65. The van der Waals surface area contributed by atoms with Gasteiger partial charge in [0.25, 0.3) is 5.91 Å². The van der Waals surface area contributed by atoms with Gasteiger partial charge in [-0.25, -0.2) is 0 Å². The maximum Gasteiger partial charge on any atom is 0.268 e. The number of carbonyl (C=O) groups is 1. The van der Waals surface area contributed by atoms with Gasteiger partial charge < -0.3 is 4.90 Å². The quantitative estimate of drug-likeness (QED) is 0.695. The second-order valence-electron chi connectivity index (χ2n) is 2.97. The van der Waals surface area contributed by atoms with Gasteiger partial charge in [0.15, 0.2) is 0 Å². The largest absolute Gasteiger partial charge is 0.322 e. The van der Waals surface area contributed by atoms with Crippen molar-refractivity contribution in [3.8, 4) is 6.07 Å². The predicted octanol–water partition coefficient (Wildman–Crippen LogP) is 0.912. The Bertz CT molecular complexity index is 341. The van der Waals surface area contributed by atoms with E-state index in [0.717, 1.165) is 11.5 Å². The van der Waals surface area contributed by atoms with Crippen molar-refractivity contribution in [1.82, 2.24) is 14.5 Å². The average molecular weight is 210 g/mol. The van der Waals surface area contributed by atoms with Gasteiger partial charge in [0.05, 0.1) is 12.3 Å². The van der Waals surface area contributed by atoms with E-state index in [-0.39, 0.29) is 18.5 Å². The summed E-state index contributed by atoms with van der Waals surface area (Å²) in [4.78, 5) is 13.7. The Morgan fingerprint density at radius 3 is 2.93 bits per heavy atom. The molecule has 14 heavy (non-hydrogen) atoms. The van der Waals surface area contributed by atoms with Gasteiger partial charge in [0.2, 0.25) is 0 Å². The molecule has 1 rings (SSSR count). The van der Waals surface area contributed by atoms with Gasteiger partial charge in [-0.2, -0.15) is 5.26 Å². The minimum atomic E-state index is -0.184. The maximum absolute atomic E-state index is 11.7. The summed E-state index contributed by atoms with van der Waals surface area (Å²) in [5, 5.41) is 12.1. The number of aromatic nitrogens is 2. The predicted molar refractivity (Wildman–Crippen MR) is 51.7 cm³/mol. The van der Waals surface area contributed by atoms with Crippen LogP contribution in [0, 0.1) is 11.3 Å². The number of nitriles is 1. The van der Waals surface area contributed by atoms with E-state index in [4.69, 9.17) is 5.26 Å². The number of carbonyl (C=O) groups excluding carboxylic acids is 1. The zero-order chi connectivity index (χ0) is 10.6. The van der Waals surface area contributed by atoms with Gasteiger partial charge in [-0.15, -0.1) is 5.10 Å². The maximum atomic E-state index is 11.7. The van der Waals surface area contributed by atoms with Gasteiger partial charge >= 0.3 is 0 Å². The van der Waals surface area contributed by atoms with Crippen LogP contribution in [-0.4, -0.2) is 33.0 Å². The molecule has 0 saturated carbocycles. The molecule has 1 heterocycles. The fraction of sp³-hybridized carbons (Fsp3) is 0.500. The Morgan fingerprint density at radius 2 is 2.50 bits per heavy atom. The summed E-state index contributed by atoms with van der Waals surface area (Å²) < 4.78 is 3.61. The van der Waals surface area contributed by atoms with Gasteiger partial charge in [-0.05, 0) is 25.4 Å². The SMILES string of the molecule is CC(C)N(CC#N)C(=O)c1cnns1. The summed E-state index contributed by atoms with van der Waals surface area (Å²) >= 11 is 1.04. The Hall–Kier alpha value is -1.48. The van der Waals surface area contributed by atoms with Gasteiger partial charge in [-0.3, -0.25) is 4.79 Å². The van der Waals surface area contributed by atoms with E-state index in [0.29, 0.717) is 4.88 Å². The lowest BCUT2D eigenvalue weighted by Gasteiger charge is -2.22. The first-order valence-corrected chi connectivity index (χ1v) is 4.89. The second kappa shape index (κ2) is 4.67. The van der Waals surface area contributed by atoms with E-state index >= 15 is 0 Å². The highest BCUT2D eigenvalue weighted by atomic mass is 32.1. The first-order valence-electron chi connectivity index (χ1n) is 4.12. The molecule has 0 radical (unpaired) electrons. The van der Waals surface area contributed by atoms with Gasteiger partial charge in [0, 0.05) is 6.04 Å². The fourth-order valence-corrected chi connectivity index (χ4v) is 1.44. The molecular weight excluding hydrogens is 200 g/mol. The standard InChI is InChI=1S/C8H10N4OS/c1-6(2)12(4-3-9)8(13)7-5-10-11-14-7/h5-6H,4H2,1-2H3. The number of hydrogen-bond acceptors (Lipinski definition) is 5. The van der Waals surface area contributed by atoms with Crippen LogP contribution in [-0.2, 0) is 0 Å². The molecule has 0 aliphatic carbocycles. The fourth-order valence-electron chi connectivity index (χ4n) is 0.968. The van der Waals surface area contributed by atoms with Crippen LogP contribution in [0.3, 0.4) is 0 Å². The molecule has 0 aromatic carbocycles. The Kier molecular flexibility index (Phi) is 3.54. The molecule has 74 valence electrons. The molecule has 0 aliphatic rings. The first kappa shape index (κ1) is 10.6. The Labute approximate surface area is 86.1 Å². The van der Waals surface area contributed by atoms with Crippen molar-refractivity contribution in [1.29, 1.82) is 5.26 Å². The highest BCUT2D eigenvalue weighted by molar-refractivity contribution is 7.07. The smallest absolute Gasteiger partial charge is 0.268 e. The molecule has 1 aromatic rings. The van der Waals surface area contributed by atoms with Crippen molar-refractivity contribution in [2.75, 3.05) is 6.54 Å². The van der Waals surface area contributed by atoms with Crippen molar-refractivity contribution in [2.24, 2.45) is 0 Å². The van der Waals surface area contributed by atoms with E-state index < -0.39 is 0 Å². The van der Waals surface area contributed by atoms with Crippen LogP contribution in [0.1, 0.15) is 23.5 Å². The third-order valence-electron chi connectivity index (χ3n) is 1.70. The normalized spacial score (nSPS) is 9.86. The zero-order valence-electron chi connectivity index (χ0n) is 7.97. The molecule has 5 nitrogen and oxygen atoms in total. The van der Waals surface area contributed by atoms with Crippen molar-refractivity contribution < 1.29 is 4.79 Å². The van der Waals surface area contributed by atoms with Crippen LogP contribution in [0.2, 0.25) is 0 Å². The third kappa shape index (κ3) is 2.26. The van der Waals surface area contributed by atoms with Crippen molar-refractivity contribution in [3.63, 3.8) is 0 Å². The molecule has 0 unspecified atom stereocenters. The molecule has 6 heteroatoms. The Balaban J connectivity index is 2.80. The number of nitrogens with zero attached hydrogens (tertiary/aromatic N) is 4. The number of hydrogen-bond donors (Lipinski definition) is 0. The van der Waals surface area contributed by atoms with Crippen LogP contribution in [0.15, 0.2) is 6.20 Å². The summed E-state index contributed by atoms with van der Waals surface area (Å²) in [5.74, 6) is -0.184. The minimum absolute atomic E-state index is 0.00394. The highest BCUT2D eigenvalue weighted by Gasteiger charge is 2.19. The number of amides is 1. The molecule has 1 aromatic heterocycles. The monoisotopic (exact) mass is 210 g/mol. The molecular formula is C8H10N4OS. The summed E-state index contributed by atoms with van der Waals surface area (Å²) in [6.45, 7) is 3.82. The first-order chi connectivity index (χ1) is 6.66. The van der Waals surface area contributed by atoms with Crippen LogP contribution < -0.4 is 0 Å². The molecule has 0 aliphatic heterocycles. The van der Waals surface area contributed by atoms with E-state index in [2.05, 4.69) is 9.59 Å². The van der Waals surface area contributed by atoms with Crippen molar-refractivity contribution in [3.05, 3.63) is 11.1 Å². The molecule has 0 N–H and O–H groups in total. The van der Waals surface area contributed by atoms with E-state index in [1.165, 1.54) is 11.1 Å². The van der Waals surface area contributed by atoms with E-state index in [1.807, 2.05) is 19.9 Å². The summed E-state index contributed by atoms with van der Waals surface area (Å²) in [6.07, 6.45) is 1.42. The Morgan fingerprint density at radius 1 is 1.79 bits per heavy atom. The summed E-state index contributed by atoms with van der Waals surface area (Å²) in [5.41, 5.74) is 0. The molecule has 1 amide bonds. The lowest BCUT2D eigenvalue weighted by molar-refractivity contribution is 0.0736. The van der Waals surface area contributed by atoms with E-state index in [9.17, 15) is 4.79 Å². The van der Waals surface area contributed by atoms with Crippen LogP contribution in [0.4, 0.5) is 0 Å². The zero-order valence-corrected chi connectivity index (χ0v) is 8.78. The van der Waals surface area contributed by atoms with Crippen LogP contribution in [0.25, 0.3) is 0 Å². The molecule has 0 saturated heterocycles. The lowest BCUT2D eigenvalue weighted by Crippen LogP contribution is -2.36. The van der Waals surface area contributed by atoms with E-state index in [1.54, 1.807) is 0 Å². The van der Waals surface area contributed by atoms with Gasteiger partial charge in [-0.1, -0.05) is 4.49 Å². The topological polar surface area (TPSA) is 69.9 Å². The molecule has 0 spiro atoms. The lowest BCUT2D eigenvalue weighted by atomic mass is 10.3. The van der Waals surface area contributed by atoms with Crippen LogP contribution in [0.5, 0.6) is 0 Å². The second-order valence-corrected chi connectivity index (χ2v) is 3.75. The van der Waals surface area contributed by atoms with Crippen LogP contribution >= 0.6 is 11.5 Å². The highest BCUT2D eigenvalue weighted by Crippen LogP contribution is 2.09. The third-order valence-corrected chi connectivity index (χ3v) is 2.35.